The molecule has 1 atom stereocenters. The summed E-state index contributed by atoms with van der Waals surface area (Å²) in [7, 11) is 3.68. The molecule has 0 radical (unpaired) electrons. The molecule has 0 spiro atoms. The Labute approximate surface area is 127 Å². The van der Waals surface area contributed by atoms with Gasteiger partial charge in [-0.25, -0.2) is 4.98 Å². The molecule has 0 saturated heterocycles. The molecule has 2 rings (SSSR count). The summed E-state index contributed by atoms with van der Waals surface area (Å²) in [6.07, 6.45) is 3.89. The average molecular weight is 339 g/mol. The molecule has 108 valence electrons. The summed E-state index contributed by atoms with van der Waals surface area (Å²) in [6, 6.07) is 3.95. The maximum atomic E-state index is 11.5. The quantitative estimate of drug-likeness (QED) is 0.905. The van der Waals surface area contributed by atoms with Gasteiger partial charge in [-0.3, -0.25) is 9.69 Å². The Morgan fingerprint density at radius 3 is 3.00 bits per heavy atom. The summed E-state index contributed by atoms with van der Waals surface area (Å²) in [4.78, 5) is 18.1. The van der Waals surface area contributed by atoms with Crippen LogP contribution in [0.1, 0.15) is 12.6 Å². The summed E-state index contributed by atoms with van der Waals surface area (Å²) in [6.45, 7) is 3.39. The van der Waals surface area contributed by atoms with Crippen molar-refractivity contribution in [3.8, 4) is 0 Å². The number of nitrogens with zero attached hydrogens (tertiary/aromatic N) is 3. The number of halogens is 1. The van der Waals surface area contributed by atoms with Crippen LogP contribution in [0, 0.1) is 5.92 Å². The molecule has 0 aliphatic carbocycles. The van der Waals surface area contributed by atoms with Gasteiger partial charge >= 0.3 is 0 Å². The lowest BCUT2D eigenvalue weighted by Crippen LogP contribution is -2.34. The van der Waals surface area contributed by atoms with Crippen molar-refractivity contribution in [3.63, 3.8) is 0 Å². The molecule has 1 N–H and O–H groups in total. The molecule has 0 aromatic carbocycles. The first-order valence-electron chi connectivity index (χ1n) is 6.53. The molecule has 0 aliphatic heterocycles. The van der Waals surface area contributed by atoms with Gasteiger partial charge in [0.25, 0.3) is 0 Å². The summed E-state index contributed by atoms with van der Waals surface area (Å²) in [5.74, 6) is 0.0358. The van der Waals surface area contributed by atoms with Crippen LogP contribution in [0.3, 0.4) is 0 Å². The van der Waals surface area contributed by atoms with Crippen LogP contribution in [-0.4, -0.2) is 40.8 Å². The van der Waals surface area contributed by atoms with Crippen molar-refractivity contribution in [2.75, 3.05) is 20.6 Å². The molecule has 0 fully saturated rings. The van der Waals surface area contributed by atoms with Gasteiger partial charge in [0.15, 0.2) is 0 Å². The SMILES string of the molecule is CNC(=O)[C@H](C)CN(C)Cc1cnc2ccc(Br)cn12. The van der Waals surface area contributed by atoms with Crippen molar-refractivity contribution in [1.82, 2.24) is 19.6 Å². The summed E-state index contributed by atoms with van der Waals surface area (Å²) < 4.78 is 3.08. The van der Waals surface area contributed by atoms with E-state index in [0.29, 0.717) is 6.54 Å². The zero-order valence-electron chi connectivity index (χ0n) is 11.9. The minimum atomic E-state index is -0.0316. The number of pyridine rings is 1. The van der Waals surface area contributed by atoms with Gasteiger partial charge in [0, 0.05) is 36.7 Å². The predicted octanol–water partition coefficient (Wildman–Crippen LogP) is 1.91. The number of aromatic nitrogens is 2. The summed E-state index contributed by atoms with van der Waals surface area (Å²) >= 11 is 3.47. The van der Waals surface area contributed by atoms with Gasteiger partial charge in [-0.05, 0) is 35.1 Å². The van der Waals surface area contributed by atoms with Crippen LogP contribution >= 0.6 is 15.9 Å². The van der Waals surface area contributed by atoms with Crippen molar-refractivity contribution in [3.05, 3.63) is 34.7 Å². The number of hydrogen-bond acceptors (Lipinski definition) is 3. The highest BCUT2D eigenvalue weighted by Crippen LogP contribution is 2.15. The van der Waals surface area contributed by atoms with E-state index in [2.05, 4.69) is 35.5 Å². The third kappa shape index (κ3) is 3.37. The standard InChI is InChI=1S/C14H19BrN4O/c1-10(14(20)16-2)7-18(3)9-12-6-17-13-5-4-11(15)8-19(12)13/h4-6,8,10H,7,9H2,1-3H3,(H,16,20)/t10-/m1/s1. The van der Waals surface area contributed by atoms with Gasteiger partial charge in [0.2, 0.25) is 5.91 Å². The number of amides is 1. The minimum absolute atomic E-state index is 0.0316. The fraction of sp³-hybridized carbons (Fsp3) is 0.429. The van der Waals surface area contributed by atoms with E-state index in [1.54, 1.807) is 7.05 Å². The normalized spacial score (nSPS) is 12.8. The van der Waals surface area contributed by atoms with E-state index in [-0.39, 0.29) is 11.8 Å². The molecule has 6 heteroatoms. The Morgan fingerprint density at radius 1 is 1.55 bits per heavy atom. The number of nitrogens with one attached hydrogen (secondary N) is 1. The van der Waals surface area contributed by atoms with Gasteiger partial charge in [0.1, 0.15) is 5.65 Å². The maximum absolute atomic E-state index is 11.5. The van der Waals surface area contributed by atoms with Gasteiger partial charge in [-0.2, -0.15) is 0 Å². The fourth-order valence-electron chi connectivity index (χ4n) is 2.26. The summed E-state index contributed by atoms with van der Waals surface area (Å²) in [5.41, 5.74) is 2.03. The Morgan fingerprint density at radius 2 is 2.30 bits per heavy atom. The van der Waals surface area contributed by atoms with Crippen LogP contribution in [-0.2, 0) is 11.3 Å². The van der Waals surface area contributed by atoms with Gasteiger partial charge < -0.3 is 9.72 Å². The minimum Gasteiger partial charge on any atom is -0.359 e. The van der Waals surface area contributed by atoms with Crippen LogP contribution < -0.4 is 5.32 Å². The lowest BCUT2D eigenvalue weighted by Gasteiger charge is -2.20. The molecule has 2 aromatic heterocycles. The van der Waals surface area contributed by atoms with Crippen LogP contribution in [0.2, 0.25) is 0 Å². The second kappa shape index (κ2) is 6.37. The smallest absolute Gasteiger partial charge is 0.223 e. The van der Waals surface area contributed by atoms with Crippen molar-refractivity contribution in [2.45, 2.75) is 13.5 Å². The number of hydrogen-bond donors (Lipinski definition) is 1. The zero-order valence-corrected chi connectivity index (χ0v) is 13.5. The molecule has 1 amide bonds. The molecule has 0 saturated carbocycles. The topological polar surface area (TPSA) is 49.6 Å². The van der Waals surface area contributed by atoms with Crippen molar-refractivity contribution in [2.24, 2.45) is 5.92 Å². The second-order valence-electron chi connectivity index (χ2n) is 5.04. The molecule has 0 unspecified atom stereocenters. The highest BCUT2D eigenvalue weighted by Gasteiger charge is 2.14. The highest BCUT2D eigenvalue weighted by atomic mass is 79.9. The highest BCUT2D eigenvalue weighted by molar-refractivity contribution is 9.10. The van der Waals surface area contributed by atoms with E-state index in [1.807, 2.05) is 38.5 Å². The van der Waals surface area contributed by atoms with E-state index < -0.39 is 0 Å². The van der Waals surface area contributed by atoms with Crippen molar-refractivity contribution >= 4 is 27.5 Å². The maximum Gasteiger partial charge on any atom is 0.223 e. The molecule has 0 bridgehead atoms. The van der Waals surface area contributed by atoms with Gasteiger partial charge in [-0.1, -0.05) is 6.92 Å². The van der Waals surface area contributed by atoms with E-state index in [4.69, 9.17) is 0 Å². The van der Waals surface area contributed by atoms with Crippen LogP contribution in [0.5, 0.6) is 0 Å². The number of rotatable bonds is 5. The molecule has 0 aliphatic rings. The lowest BCUT2D eigenvalue weighted by molar-refractivity contribution is -0.124. The number of carbonyl (C=O) groups excluding carboxylic acids is 1. The number of imidazole rings is 1. The Hall–Kier alpha value is -1.40. The average Bonchev–Trinajstić information content (AvgIpc) is 2.80. The molecule has 2 aromatic rings. The van der Waals surface area contributed by atoms with Gasteiger partial charge in [-0.15, -0.1) is 0 Å². The number of carbonyl (C=O) groups is 1. The van der Waals surface area contributed by atoms with E-state index in [1.165, 1.54) is 0 Å². The summed E-state index contributed by atoms with van der Waals surface area (Å²) in [5, 5.41) is 2.68. The lowest BCUT2D eigenvalue weighted by atomic mass is 10.1. The first-order valence-corrected chi connectivity index (χ1v) is 7.32. The molecule has 2 heterocycles. The van der Waals surface area contributed by atoms with Crippen LogP contribution in [0.25, 0.3) is 5.65 Å². The monoisotopic (exact) mass is 338 g/mol. The fourth-order valence-corrected chi connectivity index (χ4v) is 2.60. The number of fused-ring (bicyclic) bond motifs is 1. The predicted molar refractivity (Wildman–Crippen MR) is 82.5 cm³/mol. The van der Waals surface area contributed by atoms with E-state index >= 15 is 0 Å². The van der Waals surface area contributed by atoms with E-state index in [0.717, 1.165) is 22.4 Å². The largest absolute Gasteiger partial charge is 0.359 e. The van der Waals surface area contributed by atoms with E-state index in [9.17, 15) is 4.79 Å². The zero-order chi connectivity index (χ0) is 14.7. The third-order valence-electron chi connectivity index (χ3n) is 3.26. The molecular formula is C14H19BrN4O. The Bertz CT molecular complexity index is 610. The second-order valence-corrected chi connectivity index (χ2v) is 5.95. The Balaban J connectivity index is 2.08. The first-order chi connectivity index (χ1) is 9.51. The molecule has 5 nitrogen and oxygen atoms in total. The van der Waals surface area contributed by atoms with Crippen LogP contribution in [0.4, 0.5) is 0 Å². The molecular weight excluding hydrogens is 320 g/mol. The van der Waals surface area contributed by atoms with Crippen molar-refractivity contribution in [1.29, 1.82) is 0 Å². The molecule has 20 heavy (non-hydrogen) atoms. The first kappa shape index (κ1) is 15.0. The third-order valence-corrected chi connectivity index (χ3v) is 3.73. The Kier molecular flexibility index (Phi) is 4.77. The van der Waals surface area contributed by atoms with Crippen LogP contribution in [0.15, 0.2) is 29.0 Å². The van der Waals surface area contributed by atoms with Gasteiger partial charge in [0.05, 0.1) is 11.9 Å². The van der Waals surface area contributed by atoms with Crippen molar-refractivity contribution < 1.29 is 4.79 Å².